The number of fused-ring (bicyclic) bond motifs is 5. The Morgan fingerprint density at radius 2 is 1.34 bits per heavy atom. The summed E-state index contributed by atoms with van der Waals surface area (Å²) in [6.07, 6.45) is 19.3. The summed E-state index contributed by atoms with van der Waals surface area (Å²) in [5.41, 5.74) is 7.70. The Morgan fingerprint density at radius 3 is 2.01 bits per heavy atom. The van der Waals surface area contributed by atoms with Crippen molar-refractivity contribution in [3.8, 4) is 5.75 Å². The molecule has 9 rings (SSSR count). The van der Waals surface area contributed by atoms with E-state index in [1.165, 1.54) is 57.8 Å². The average molecular weight is 1200 g/mol. The van der Waals surface area contributed by atoms with Gasteiger partial charge in [0.1, 0.15) is 17.8 Å². The molecule has 12 nitrogen and oxygen atoms in total. The highest BCUT2D eigenvalue weighted by Crippen LogP contribution is 2.67. The maximum Gasteiger partial charge on any atom is 0.246 e. The van der Waals surface area contributed by atoms with E-state index < -0.39 is 29.8 Å². The van der Waals surface area contributed by atoms with Crippen LogP contribution >= 0.6 is 0 Å². The van der Waals surface area contributed by atoms with Gasteiger partial charge in [-0.05, 0) is 182 Å². The molecule has 88 heavy (non-hydrogen) atoms. The van der Waals surface area contributed by atoms with Crippen LogP contribution in [-0.2, 0) is 36.9 Å². The van der Waals surface area contributed by atoms with Crippen LogP contribution < -0.4 is 30.9 Å². The lowest BCUT2D eigenvalue weighted by molar-refractivity contribution is -0.131. The predicted octanol–water partition coefficient (Wildman–Crippen LogP) is 14.5. The number of nitrogens with one attached hydrogen (secondary N) is 4. The number of unbranched alkanes of at least 4 members (excludes halogenated alkanes) is 1. The maximum absolute atomic E-state index is 14.6. The van der Waals surface area contributed by atoms with Gasteiger partial charge in [0.05, 0.1) is 25.9 Å². The van der Waals surface area contributed by atoms with E-state index in [4.69, 9.17) is 9.47 Å². The predicted molar refractivity (Wildman–Crippen MR) is 354 cm³/mol. The van der Waals surface area contributed by atoms with Crippen molar-refractivity contribution in [2.24, 2.45) is 46.3 Å². The van der Waals surface area contributed by atoms with Gasteiger partial charge in [0.25, 0.3) is 0 Å². The second-order valence-corrected chi connectivity index (χ2v) is 27.1. The van der Waals surface area contributed by atoms with Gasteiger partial charge in [0.2, 0.25) is 23.6 Å². The van der Waals surface area contributed by atoms with Crippen LogP contribution in [0.5, 0.6) is 5.75 Å². The molecule has 0 radical (unpaired) electrons. The fraction of sp³-hybridized carbons (Fsp3) is 0.526. The van der Waals surface area contributed by atoms with Crippen molar-refractivity contribution in [3.63, 3.8) is 0 Å². The highest BCUT2D eigenvalue weighted by molar-refractivity contribution is 5.98. The van der Waals surface area contributed by atoms with E-state index in [1.54, 1.807) is 36.9 Å². The van der Waals surface area contributed by atoms with Crippen LogP contribution in [-0.4, -0.2) is 73.7 Å². The summed E-state index contributed by atoms with van der Waals surface area (Å²) in [5, 5.41) is 21.6. The Kier molecular flexibility index (Phi) is 23.6. The number of amides is 4. The van der Waals surface area contributed by atoms with Gasteiger partial charge in [0.15, 0.2) is 0 Å². The first kappa shape index (κ1) is 65.7. The fourth-order valence-corrected chi connectivity index (χ4v) is 16.1. The molecule has 0 aromatic heterocycles. The molecule has 472 valence electrons. The summed E-state index contributed by atoms with van der Waals surface area (Å²) in [6.45, 7) is 14.0. The molecule has 12 heteroatoms. The molecule has 3 fully saturated rings. The number of carbonyl (C=O) groups excluding carboxylic acids is 4. The summed E-state index contributed by atoms with van der Waals surface area (Å²) in [6, 6.07) is 43.1. The Balaban J connectivity index is 0.771. The van der Waals surface area contributed by atoms with E-state index in [2.05, 4.69) is 128 Å². The van der Waals surface area contributed by atoms with Crippen molar-refractivity contribution in [3.05, 3.63) is 173 Å². The normalized spacial score (nSPS) is 23.1. The number of methoxy groups -OCH3 is 1. The number of hydrogen-bond acceptors (Lipinski definition) is 8. The molecule has 0 saturated heterocycles. The third-order valence-corrected chi connectivity index (χ3v) is 20.9. The minimum absolute atomic E-state index is 0.0368. The monoisotopic (exact) mass is 1200 g/mol. The highest BCUT2D eigenvalue weighted by atomic mass is 16.5. The van der Waals surface area contributed by atoms with Crippen molar-refractivity contribution in [2.45, 2.75) is 181 Å². The molecular formula is C76H101N5O7. The molecule has 4 amide bonds. The van der Waals surface area contributed by atoms with Gasteiger partial charge < -0.3 is 40.7 Å². The molecule has 5 aromatic rings. The van der Waals surface area contributed by atoms with Gasteiger partial charge in [-0.3, -0.25) is 19.2 Å². The number of nitrogens with zero attached hydrogens (tertiary/aromatic N) is 1. The topological polar surface area (TPSA) is 158 Å². The third kappa shape index (κ3) is 16.9. The van der Waals surface area contributed by atoms with Crippen LogP contribution in [0.2, 0.25) is 0 Å². The van der Waals surface area contributed by atoms with Crippen molar-refractivity contribution in [1.29, 1.82) is 0 Å². The quantitative estimate of drug-likeness (QED) is 0.0217. The smallest absolute Gasteiger partial charge is 0.246 e. The van der Waals surface area contributed by atoms with Gasteiger partial charge >= 0.3 is 0 Å². The number of allylic oxidation sites excluding steroid dienone is 1. The van der Waals surface area contributed by atoms with Crippen molar-refractivity contribution < 1.29 is 33.8 Å². The SMILES string of the molecule is COc1ccc(N(CCCC[C@H](NC(=O)[C@H](Cc2ccccc2)NC(=O)CCC(=O)NCCCO[C@H]2CC[C@@]3(C)C(=CC[C@H]4[C@@H]5CC[C@H]([C@H](C)CCCC(C)C)[C@@]5(C)CC[C@@H]43)C2)C(=O)Nc2ccc(CO)cc2)C(c2ccccc2)c2ccccc2)cc1. The van der Waals surface area contributed by atoms with E-state index in [9.17, 15) is 24.3 Å². The summed E-state index contributed by atoms with van der Waals surface area (Å²) < 4.78 is 12.1. The van der Waals surface area contributed by atoms with Crippen molar-refractivity contribution in [2.75, 3.05) is 37.0 Å². The lowest BCUT2D eigenvalue weighted by atomic mass is 9.47. The number of anilines is 2. The third-order valence-electron chi connectivity index (χ3n) is 20.9. The van der Waals surface area contributed by atoms with E-state index in [0.29, 0.717) is 62.0 Å². The summed E-state index contributed by atoms with van der Waals surface area (Å²) >= 11 is 0. The summed E-state index contributed by atoms with van der Waals surface area (Å²) in [5.74, 6) is 4.09. The lowest BCUT2D eigenvalue weighted by Crippen LogP contribution is -2.53. The second kappa shape index (κ2) is 31.6. The highest BCUT2D eigenvalue weighted by Gasteiger charge is 2.59. The zero-order valence-corrected chi connectivity index (χ0v) is 53.5. The number of benzene rings is 5. The van der Waals surface area contributed by atoms with E-state index >= 15 is 0 Å². The van der Waals surface area contributed by atoms with Crippen molar-refractivity contribution >= 4 is 35.0 Å². The summed E-state index contributed by atoms with van der Waals surface area (Å²) in [4.78, 5) is 58.2. The van der Waals surface area contributed by atoms with E-state index in [-0.39, 0.29) is 49.3 Å². The molecule has 0 spiro atoms. The molecule has 0 heterocycles. The van der Waals surface area contributed by atoms with Crippen LogP contribution in [0.3, 0.4) is 0 Å². The van der Waals surface area contributed by atoms with Gasteiger partial charge in [0, 0.05) is 50.3 Å². The average Bonchev–Trinajstić information content (AvgIpc) is 1.40. The minimum Gasteiger partial charge on any atom is -0.497 e. The van der Waals surface area contributed by atoms with Crippen molar-refractivity contribution in [1.82, 2.24) is 16.0 Å². The van der Waals surface area contributed by atoms with Gasteiger partial charge in [-0.15, -0.1) is 0 Å². The van der Waals surface area contributed by atoms with Crippen LogP contribution in [0.4, 0.5) is 11.4 Å². The van der Waals surface area contributed by atoms with Gasteiger partial charge in [-0.1, -0.05) is 169 Å². The molecule has 5 N–H and O–H groups in total. The fourth-order valence-electron chi connectivity index (χ4n) is 16.1. The molecule has 5 aromatic carbocycles. The second-order valence-electron chi connectivity index (χ2n) is 27.1. The number of carbonyl (C=O) groups is 4. The van der Waals surface area contributed by atoms with Gasteiger partial charge in [-0.25, -0.2) is 0 Å². The molecular weight excluding hydrogens is 1090 g/mol. The molecule has 4 aliphatic carbocycles. The molecule has 0 aliphatic heterocycles. The number of hydrogen-bond donors (Lipinski definition) is 5. The van der Waals surface area contributed by atoms with E-state index in [0.717, 1.165) is 76.5 Å². The number of aliphatic hydroxyl groups is 1. The molecule has 10 atom stereocenters. The Labute approximate surface area is 525 Å². The molecule has 0 unspecified atom stereocenters. The lowest BCUT2D eigenvalue weighted by Gasteiger charge is -2.58. The Bertz CT molecular complexity index is 2990. The van der Waals surface area contributed by atoms with Crippen LogP contribution in [0, 0.1) is 46.3 Å². The number of aliphatic hydroxyl groups excluding tert-OH is 1. The van der Waals surface area contributed by atoms with Crippen LogP contribution in [0.15, 0.2) is 151 Å². The zero-order valence-electron chi connectivity index (χ0n) is 53.5. The molecule has 4 aliphatic rings. The minimum atomic E-state index is -1.03. The first-order valence-corrected chi connectivity index (χ1v) is 33.4. The molecule has 3 saturated carbocycles. The Hall–Kier alpha value is -6.76. The summed E-state index contributed by atoms with van der Waals surface area (Å²) in [7, 11) is 1.66. The van der Waals surface area contributed by atoms with E-state index in [1.807, 2.05) is 54.6 Å². The Morgan fingerprint density at radius 1 is 0.659 bits per heavy atom. The first-order valence-electron chi connectivity index (χ1n) is 33.4. The standard InChI is InChI=1S/C76H101N5O7/c1-53(2)20-18-21-54(3)65-39-40-66-64-38-31-59-51-63(43-45-75(59,4)67(64)44-46-76(65,66)5)88-49-19-47-77-70(83)41-42-71(84)79-69(50-55-22-10-7-11-23-55)74(86)80-68(73(85)78-60-32-29-56(52-82)30-33-60)28-16-17-48-81(61-34-36-62(87-6)37-35-61)72(57-24-12-8-13-25-57)58-26-14-9-15-27-58/h7-15,22-27,29-37,53-54,63-69,72,82H,16-21,28,38-52H2,1-6H3,(H,77,83)(H,78,85)(H,79,84)(H,80,86)/t54-,63+,64+,65-,66+,67+,68+,69+,75+,76-/m1/s1. The van der Waals surface area contributed by atoms with Crippen LogP contribution in [0.25, 0.3) is 0 Å². The maximum atomic E-state index is 14.6. The zero-order chi connectivity index (χ0) is 62.0. The number of ether oxygens (including phenoxy) is 2. The van der Waals surface area contributed by atoms with Crippen LogP contribution in [0.1, 0.15) is 172 Å². The van der Waals surface area contributed by atoms with Gasteiger partial charge in [-0.2, -0.15) is 0 Å². The first-order chi connectivity index (χ1) is 42.6. The molecule has 0 bridgehead atoms. The largest absolute Gasteiger partial charge is 0.497 e. The number of rotatable bonds is 31.